The van der Waals surface area contributed by atoms with Gasteiger partial charge >= 0.3 is 0 Å². The Morgan fingerprint density at radius 1 is 1.11 bits per heavy atom. The average molecular weight is 546 g/mol. The van der Waals surface area contributed by atoms with Crippen molar-refractivity contribution >= 4 is 24.2 Å². The predicted octanol–water partition coefficient (Wildman–Crippen LogP) is 0.917. The van der Waals surface area contributed by atoms with Gasteiger partial charge in [-0.3, -0.25) is 9.59 Å². The number of β-amino-alcohol motifs (C(OH)–C–C–N with tert-alkyl or cyclic N) is 1. The van der Waals surface area contributed by atoms with Crippen molar-refractivity contribution in [3.63, 3.8) is 0 Å². The number of benzene rings is 1. The monoisotopic (exact) mass is 545 g/mol. The highest BCUT2D eigenvalue weighted by molar-refractivity contribution is 5.94. The second-order valence-electron chi connectivity index (χ2n) is 9.62. The summed E-state index contributed by atoms with van der Waals surface area (Å²) in [7, 11) is 1.84. The number of likely N-dealkylation sites (N-methyl/N-ethyl adjacent to an activating group) is 1. The Kier molecular flexibility index (Phi) is 15.7. The van der Waals surface area contributed by atoms with Crippen LogP contribution in [0, 0.1) is 5.92 Å². The van der Waals surface area contributed by atoms with Gasteiger partial charge in [-0.2, -0.15) is 0 Å². The molecule has 2 rings (SSSR count). The molecule has 1 aliphatic heterocycles. The molecule has 0 unspecified atom stereocenters. The van der Waals surface area contributed by atoms with E-state index in [4.69, 9.17) is 9.47 Å². The Bertz CT molecular complexity index is 814. The van der Waals surface area contributed by atoms with Crippen molar-refractivity contribution in [2.45, 2.75) is 51.4 Å². The summed E-state index contributed by atoms with van der Waals surface area (Å²) in [4.78, 5) is 29.5. The molecule has 10 nitrogen and oxygen atoms in total. The smallest absolute Gasteiger partial charge is 0.254 e. The number of amides is 2. The molecule has 1 heterocycles. The first-order valence-electron chi connectivity index (χ1n) is 12.8. The van der Waals surface area contributed by atoms with Crippen molar-refractivity contribution in [1.82, 2.24) is 15.1 Å². The van der Waals surface area contributed by atoms with Crippen molar-refractivity contribution in [2.24, 2.45) is 5.92 Å². The van der Waals surface area contributed by atoms with E-state index in [-0.39, 0.29) is 62.8 Å². The van der Waals surface area contributed by atoms with Gasteiger partial charge in [0.2, 0.25) is 5.91 Å². The van der Waals surface area contributed by atoms with E-state index in [0.717, 1.165) is 0 Å². The molecule has 0 saturated carbocycles. The van der Waals surface area contributed by atoms with Crippen LogP contribution >= 0.6 is 12.4 Å². The second kappa shape index (κ2) is 17.5. The number of carbonyl (C=O) groups is 2. The molecule has 3 atom stereocenters. The maximum atomic E-state index is 13.4. The SMILES string of the molecule is CNCCOc1cccc(C(=O)N2CCCCOC[C@@H](O)[C@H](O)[C@@H](O)CN(C(=O)CC(C)C)CC2)c1.Cl. The summed E-state index contributed by atoms with van der Waals surface area (Å²) in [6.45, 7) is 6.03. The number of aliphatic hydroxyl groups excluding tert-OH is 3. The minimum Gasteiger partial charge on any atom is -0.492 e. The van der Waals surface area contributed by atoms with Crippen LogP contribution in [-0.4, -0.2) is 115 Å². The summed E-state index contributed by atoms with van der Waals surface area (Å²) in [6.07, 6.45) is -2.47. The number of hydrogen-bond donors (Lipinski definition) is 4. The molecule has 1 aromatic rings. The molecule has 4 N–H and O–H groups in total. The minimum absolute atomic E-state index is 0. The van der Waals surface area contributed by atoms with E-state index in [1.165, 1.54) is 4.90 Å². The Morgan fingerprint density at radius 2 is 1.84 bits per heavy atom. The lowest BCUT2D eigenvalue weighted by atomic mass is 10.1. The van der Waals surface area contributed by atoms with Crippen molar-refractivity contribution in [2.75, 3.05) is 59.6 Å². The van der Waals surface area contributed by atoms with Crippen molar-refractivity contribution in [3.05, 3.63) is 29.8 Å². The third-order valence-electron chi connectivity index (χ3n) is 6.02. The summed E-state index contributed by atoms with van der Waals surface area (Å²) < 4.78 is 11.2. The Morgan fingerprint density at radius 3 is 2.54 bits per heavy atom. The number of hydrogen-bond acceptors (Lipinski definition) is 8. The van der Waals surface area contributed by atoms with Gasteiger partial charge in [-0.1, -0.05) is 19.9 Å². The lowest BCUT2D eigenvalue weighted by Crippen LogP contribution is -2.50. The fourth-order valence-corrected chi connectivity index (χ4v) is 3.92. The van der Waals surface area contributed by atoms with Gasteiger partial charge in [-0.25, -0.2) is 0 Å². The molecular formula is C26H44ClN3O7. The number of carbonyl (C=O) groups excluding carboxylic acids is 2. The number of rotatable bonds is 7. The van der Waals surface area contributed by atoms with Crippen molar-refractivity contribution in [3.8, 4) is 5.75 Å². The van der Waals surface area contributed by atoms with Crippen LogP contribution in [0.5, 0.6) is 5.75 Å². The zero-order chi connectivity index (χ0) is 26.5. The number of ether oxygens (including phenoxy) is 2. The van der Waals surface area contributed by atoms with Crippen molar-refractivity contribution in [1.29, 1.82) is 0 Å². The summed E-state index contributed by atoms with van der Waals surface area (Å²) in [6, 6.07) is 7.04. The lowest BCUT2D eigenvalue weighted by Gasteiger charge is -2.32. The van der Waals surface area contributed by atoms with E-state index in [1.54, 1.807) is 29.2 Å². The number of aliphatic hydroxyl groups is 3. The van der Waals surface area contributed by atoms with E-state index >= 15 is 0 Å². The molecule has 1 saturated heterocycles. The van der Waals surface area contributed by atoms with Crippen LogP contribution in [0.25, 0.3) is 0 Å². The topological polar surface area (TPSA) is 132 Å². The van der Waals surface area contributed by atoms with Gasteiger partial charge in [0, 0.05) is 51.3 Å². The van der Waals surface area contributed by atoms with Gasteiger partial charge in [-0.15, -0.1) is 12.4 Å². The van der Waals surface area contributed by atoms with Crippen LogP contribution < -0.4 is 10.1 Å². The molecule has 0 bridgehead atoms. The first-order valence-corrected chi connectivity index (χ1v) is 12.8. The summed E-state index contributed by atoms with van der Waals surface area (Å²) in [5.41, 5.74) is 0.493. The molecular weight excluding hydrogens is 502 g/mol. The van der Waals surface area contributed by atoms with Crippen LogP contribution in [0.15, 0.2) is 24.3 Å². The highest BCUT2D eigenvalue weighted by Gasteiger charge is 2.29. The van der Waals surface area contributed by atoms with E-state index in [0.29, 0.717) is 50.5 Å². The van der Waals surface area contributed by atoms with Gasteiger partial charge in [0.05, 0.1) is 6.61 Å². The van der Waals surface area contributed by atoms with E-state index < -0.39 is 18.3 Å². The lowest BCUT2D eigenvalue weighted by molar-refractivity contribution is -0.137. The van der Waals surface area contributed by atoms with Crippen LogP contribution in [0.1, 0.15) is 43.5 Å². The predicted molar refractivity (Wildman–Crippen MR) is 143 cm³/mol. The quantitative estimate of drug-likeness (QED) is 0.372. The minimum atomic E-state index is -1.45. The summed E-state index contributed by atoms with van der Waals surface area (Å²) in [5, 5.41) is 34.0. The third kappa shape index (κ3) is 11.5. The maximum Gasteiger partial charge on any atom is 0.254 e. The van der Waals surface area contributed by atoms with Crippen LogP contribution in [0.2, 0.25) is 0 Å². The number of nitrogens with one attached hydrogen (secondary N) is 1. The zero-order valence-electron chi connectivity index (χ0n) is 22.2. The largest absolute Gasteiger partial charge is 0.492 e. The standard InChI is InChI=1S/C26H43N3O7.ClH/c1-19(2)15-24(32)29-12-11-28(10-4-5-13-35-18-23(31)25(33)22(30)17-29)26(34)20-7-6-8-21(16-20)36-14-9-27-3;/h6-8,16,19,22-23,25,27,30-31,33H,4-5,9-15,17-18H2,1-3H3;1H/t22-,23+,25+;/m0./s1. The van der Waals surface area contributed by atoms with Crippen LogP contribution in [-0.2, 0) is 9.53 Å². The first kappa shape index (κ1) is 33.1. The van der Waals surface area contributed by atoms with Gasteiger partial charge in [0.25, 0.3) is 5.91 Å². The number of nitrogens with zero attached hydrogens (tertiary/aromatic N) is 2. The van der Waals surface area contributed by atoms with Gasteiger partial charge in [0.1, 0.15) is 30.7 Å². The molecule has 0 radical (unpaired) electrons. The fraction of sp³-hybridized carbons (Fsp3) is 0.692. The molecule has 0 aromatic heterocycles. The highest BCUT2D eigenvalue weighted by Crippen LogP contribution is 2.16. The molecule has 0 spiro atoms. The first-order chi connectivity index (χ1) is 17.2. The molecule has 0 aliphatic carbocycles. The van der Waals surface area contributed by atoms with Crippen LogP contribution in [0.4, 0.5) is 0 Å². The Hall–Kier alpha value is -1.95. The molecule has 11 heteroatoms. The molecule has 1 aliphatic rings. The molecule has 212 valence electrons. The Labute approximate surface area is 226 Å². The average Bonchev–Trinajstić information content (AvgIpc) is 2.85. The highest BCUT2D eigenvalue weighted by atomic mass is 35.5. The second-order valence-corrected chi connectivity index (χ2v) is 9.62. The van der Waals surface area contributed by atoms with E-state index in [1.807, 2.05) is 20.9 Å². The summed E-state index contributed by atoms with van der Waals surface area (Å²) >= 11 is 0. The Balaban J connectivity index is 0.00000684. The van der Waals surface area contributed by atoms with Crippen molar-refractivity contribution < 1.29 is 34.4 Å². The molecule has 37 heavy (non-hydrogen) atoms. The third-order valence-corrected chi connectivity index (χ3v) is 6.02. The normalized spacial score (nSPS) is 22.2. The molecule has 1 aromatic carbocycles. The van der Waals surface area contributed by atoms with Gasteiger partial charge in [-0.05, 0) is 44.0 Å². The number of halogens is 1. The van der Waals surface area contributed by atoms with Gasteiger partial charge in [0.15, 0.2) is 0 Å². The van der Waals surface area contributed by atoms with E-state index in [9.17, 15) is 24.9 Å². The maximum absolute atomic E-state index is 13.4. The van der Waals surface area contributed by atoms with E-state index in [2.05, 4.69) is 5.32 Å². The van der Waals surface area contributed by atoms with Crippen LogP contribution in [0.3, 0.4) is 0 Å². The fourth-order valence-electron chi connectivity index (χ4n) is 3.92. The molecule has 2 amide bonds. The molecule has 1 fully saturated rings. The zero-order valence-corrected chi connectivity index (χ0v) is 23.0. The van der Waals surface area contributed by atoms with Gasteiger partial charge < -0.3 is 39.9 Å². The summed E-state index contributed by atoms with van der Waals surface area (Å²) in [5.74, 6) is 0.363.